The molecule has 1 N–H and O–H groups in total. The summed E-state index contributed by atoms with van der Waals surface area (Å²) in [4.78, 5) is 15.3. The quantitative estimate of drug-likeness (QED) is 0.401. The van der Waals surface area contributed by atoms with E-state index in [1.54, 1.807) is 14.2 Å². The van der Waals surface area contributed by atoms with Crippen molar-refractivity contribution in [2.24, 2.45) is 5.92 Å². The van der Waals surface area contributed by atoms with E-state index in [4.69, 9.17) is 14.2 Å². The second kappa shape index (κ2) is 10.7. The predicted octanol–water partition coefficient (Wildman–Crippen LogP) is 5.09. The van der Waals surface area contributed by atoms with E-state index in [9.17, 15) is 4.79 Å². The fourth-order valence-corrected chi connectivity index (χ4v) is 4.35. The molecule has 7 heteroatoms. The third-order valence-electron chi connectivity index (χ3n) is 6.11. The van der Waals surface area contributed by atoms with Crippen LogP contribution in [0.15, 0.2) is 48.5 Å². The summed E-state index contributed by atoms with van der Waals surface area (Å²) in [6.07, 6.45) is 1.71. The zero-order valence-corrected chi connectivity index (χ0v) is 20.3. The fraction of sp³-hybridized carbons (Fsp3) is 0.407. The normalized spacial score (nSPS) is 15.1. The number of H-pyrrole nitrogens is 1. The largest absolute Gasteiger partial charge is 0.493 e. The van der Waals surface area contributed by atoms with Crippen LogP contribution < -0.4 is 9.47 Å². The van der Waals surface area contributed by atoms with E-state index in [1.807, 2.05) is 53.4 Å². The Labute approximate surface area is 201 Å². The van der Waals surface area contributed by atoms with Crippen molar-refractivity contribution in [2.45, 2.75) is 32.7 Å². The number of nitrogens with one attached hydrogen (secondary N) is 1. The van der Waals surface area contributed by atoms with E-state index in [0.717, 1.165) is 35.2 Å². The van der Waals surface area contributed by atoms with E-state index in [1.165, 1.54) is 0 Å². The number of nitrogens with zero attached hydrogens (tertiary/aromatic N) is 2. The number of methoxy groups -OCH3 is 2. The Hall–Kier alpha value is -3.32. The van der Waals surface area contributed by atoms with Crippen LogP contribution in [0, 0.1) is 5.92 Å². The Balaban J connectivity index is 1.73. The van der Waals surface area contributed by atoms with Gasteiger partial charge in [0.2, 0.25) is 0 Å². The minimum absolute atomic E-state index is 0.0537. The minimum atomic E-state index is -0.285. The van der Waals surface area contributed by atoms with E-state index in [0.29, 0.717) is 42.9 Å². The number of benzene rings is 2. The van der Waals surface area contributed by atoms with Gasteiger partial charge in [-0.2, -0.15) is 5.10 Å². The molecule has 0 fully saturated rings. The molecule has 1 unspecified atom stereocenters. The number of ether oxygens (including phenoxy) is 3. The zero-order valence-electron chi connectivity index (χ0n) is 20.3. The molecular weight excluding hydrogens is 430 g/mol. The maximum absolute atomic E-state index is 13.4. The van der Waals surface area contributed by atoms with Crippen molar-refractivity contribution in [3.05, 3.63) is 65.4 Å². The van der Waals surface area contributed by atoms with E-state index < -0.39 is 0 Å². The molecule has 1 amide bonds. The topological polar surface area (TPSA) is 76.7 Å². The second-order valence-corrected chi connectivity index (χ2v) is 8.92. The number of hydrogen-bond acceptors (Lipinski definition) is 5. The highest BCUT2D eigenvalue weighted by molar-refractivity contribution is 6.00. The van der Waals surface area contributed by atoms with Crippen LogP contribution in [0.4, 0.5) is 0 Å². The average molecular weight is 464 g/mol. The molecule has 1 atom stereocenters. The van der Waals surface area contributed by atoms with Gasteiger partial charge in [0.15, 0.2) is 11.5 Å². The first-order chi connectivity index (χ1) is 16.5. The van der Waals surface area contributed by atoms with Gasteiger partial charge in [-0.05, 0) is 36.5 Å². The number of rotatable bonds is 11. The predicted molar refractivity (Wildman–Crippen MR) is 131 cm³/mol. The molecule has 2 aromatic carbocycles. The van der Waals surface area contributed by atoms with Crippen LogP contribution in [-0.4, -0.2) is 55.0 Å². The van der Waals surface area contributed by atoms with Gasteiger partial charge in [-0.15, -0.1) is 0 Å². The van der Waals surface area contributed by atoms with Gasteiger partial charge in [-0.25, -0.2) is 0 Å². The summed E-state index contributed by atoms with van der Waals surface area (Å²) in [7, 11) is 3.31. The van der Waals surface area contributed by atoms with Gasteiger partial charge in [0.05, 0.1) is 25.5 Å². The molecule has 1 aromatic heterocycles. The van der Waals surface area contributed by atoms with Gasteiger partial charge >= 0.3 is 0 Å². The number of carbonyl (C=O) groups excluding carboxylic acids is 1. The molecular formula is C27H33N3O4. The molecule has 7 nitrogen and oxygen atoms in total. The second-order valence-electron chi connectivity index (χ2n) is 8.92. The van der Waals surface area contributed by atoms with Gasteiger partial charge < -0.3 is 19.1 Å². The molecule has 0 saturated carbocycles. The number of aromatic nitrogens is 2. The smallest absolute Gasteiger partial charge is 0.273 e. The van der Waals surface area contributed by atoms with E-state index in [-0.39, 0.29) is 11.9 Å². The summed E-state index contributed by atoms with van der Waals surface area (Å²) >= 11 is 0. The number of amides is 1. The third kappa shape index (κ3) is 4.80. The Morgan fingerprint density at radius 2 is 1.85 bits per heavy atom. The standard InChI is InChI=1S/C27H33N3O4/c1-18(2)13-16-34-21-12-11-20(17-22(21)33-4)26-23-24(19-9-6-5-7-10-19)28-29-25(23)27(31)30(26)14-8-15-32-3/h5-7,9-12,17-18,26H,8,13-16H2,1-4H3,(H,28,29). The summed E-state index contributed by atoms with van der Waals surface area (Å²) < 4.78 is 16.9. The molecule has 0 bridgehead atoms. The first-order valence-corrected chi connectivity index (χ1v) is 11.8. The Morgan fingerprint density at radius 3 is 2.56 bits per heavy atom. The lowest BCUT2D eigenvalue weighted by Gasteiger charge is -2.27. The molecule has 0 radical (unpaired) electrons. The molecule has 0 saturated heterocycles. The SMILES string of the molecule is COCCCN1C(=O)c2[nH]nc(-c3ccccc3)c2C1c1ccc(OCCC(C)C)c(OC)c1. The third-order valence-corrected chi connectivity index (χ3v) is 6.11. The maximum Gasteiger partial charge on any atom is 0.273 e. The van der Waals surface area contributed by atoms with Gasteiger partial charge in [0.1, 0.15) is 5.69 Å². The summed E-state index contributed by atoms with van der Waals surface area (Å²) in [6, 6.07) is 15.6. The molecule has 2 heterocycles. The molecule has 3 aromatic rings. The van der Waals surface area contributed by atoms with Crippen LogP contribution >= 0.6 is 0 Å². The lowest BCUT2D eigenvalue weighted by atomic mass is 9.95. The van der Waals surface area contributed by atoms with Crippen molar-refractivity contribution < 1.29 is 19.0 Å². The Kier molecular flexibility index (Phi) is 7.53. The summed E-state index contributed by atoms with van der Waals surface area (Å²) in [5, 5.41) is 7.53. The van der Waals surface area contributed by atoms with Crippen molar-refractivity contribution in [2.75, 3.05) is 34.0 Å². The summed E-state index contributed by atoms with van der Waals surface area (Å²) in [5.74, 6) is 1.87. The molecule has 180 valence electrons. The zero-order chi connectivity index (χ0) is 24.1. The van der Waals surface area contributed by atoms with Crippen molar-refractivity contribution in [3.8, 4) is 22.8 Å². The van der Waals surface area contributed by atoms with E-state index >= 15 is 0 Å². The molecule has 1 aliphatic rings. The molecule has 34 heavy (non-hydrogen) atoms. The van der Waals surface area contributed by atoms with E-state index in [2.05, 4.69) is 24.0 Å². The maximum atomic E-state index is 13.4. The number of aromatic amines is 1. The number of carbonyl (C=O) groups is 1. The fourth-order valence-electron chi connectivity index (χ4n) is 4.35. The lowest BCUT2D eigenvalue weighted by Crippen LogP contribution is -2.31. The Bertz CT molecular complexity index is 1110. The van der Waals surface area contributed by atoms with Gasteiger partial charge in [0, 0.05) is 31.4 Å². The summed E-state index contributed by atoms with van der Waals surface area (Å²) in [6.45, 7) is 6.13. The van der Waals surface area contributed by atoms with Crippen LogP contribution in [0.2, 0.25) is 0 Å². The van der Waals surface area contributed by atoms with Crippen LogP contribution in [0.3, 0.4) is 0 Å². The average Bonchev–Trinajstić information content (AvgIpc) is 3.39. The van der Waals surface area contributed by atoms with Gasteiger partial charge in [-0.3, -0.25) is 9.89 Å². The molecule has 0 spiro atoms. The highest BCUT2D eigenvalue weighted by Gasteiger charge is 2.42. The van der Waals surface area contributed by atoms with Gasteiger partial charge in [-0.1, -0.05) is 50.2 Å². The van der Waals surface area contributed by atoms with Crippen LogP contribution in [0.5, 0.6) is 11.5 Å². The van der Waals surface area contributed by atoms with Gasteiger partial charge in [0.25, 0.3) is 5.91 Å². The molecule has 1 aliphatic heterocycles. The number of hydrogen-bond donors (Lipinski definition) is 1. The first-order valence-electron chi connectivity index (χ1n) is 11.8. The molecule has 0 aliphatic carbocycles. The monoisotopic (exact) mass is 463 g/mol. The Morgan fingerprint density at radius 1 is 1.06 bits per heavy atom. The lowest BCUT2D eigenvalue weighted by molar-refractivity contribution is 0.0723. The van der Waals surface area contributed by atoms with Crippen molar-refractivity contribution in [1.82, 2.24) is 15.1 Å². The van der Waals surface area contributed by atoms with Crippen molar-refractivity contribution in [1.29, 1.82) is 0 Å². The number of fused-ring (bicyclic) bond motifs is 1. The summed E-state index contributed by atoms with van der Waals surface area (Å²) in [5.41, 5.74) is 4.15. The molecule has 4 rings (SSSR count). The first kappa shape index (κ1) is 23.8. The van der Waals surface area contributed by atoms with Crippen LogP contribution in [0.1, 0.15) is 54.3 Å². The van der Waals surface area contributed by atoms with Crippen LogP contribution in [0.25, 0.3) is 11.3 Å². The van der Waals surface area contributed by atoms with Crippen LogP contribution in [-0.2, 0) is 4.74 Å². The minimum Gasteiger partial charge on any atom is -0.493 e. The van der Waals surface area contributed by atoms with Crippen molar-refractivity contribution in [3.63, 3.8) is 0 Å². The highest BCUT2D eigenvalue weighted by atomic mass is 16.5. The van der Waals surface area contributed by atoms with Crippen molar-refractivity contribution >= 4 is 5.91 Å². The highest BCUT2D eigenvalue weighted by Crippen LogP contribution is 2.44.